The third-order valence-corrected chi connectivity index (χ3v) is 3.47. The van der Waals surface area contributed by atoms with Crippen LogP contribution in [-0.2, 0) is 4.74 Å². The molecule has 0 bridgehead atoms. The molecule has 0 saturated heterocycles. The molecule has 0 unspecified atom stereocenters. The number of carbonyl (C=O) groups excluding carboxylic acids is 1. The molecule has 0 aliphatic carbocycles. The molecule has 19 heavy (non-hydrogen) atoms. The predicted octanol–water partition coefficient (Wildman–Crippen LogP) is 1.82. The van der Waals surface area contributed by atoms with Crippen molar-refractivity contribution in [2.75, 3.05) is 19.8 Å². The van der Waals surface area contributed by atoms with E-state index in [0.717, 1.165) is 4.88 Å². The quantitative estimate of drug-likeness (QED) is 0.812. The Bertz CT molecular complexity index is 481. The van der Waals surface area contributed by atoms with Crippen LogP contribution in [0.5, 0.6) is 0 Å². The van der Waals surface area contributed by atoms with Crippen LogP contribution in [0.2, 0.25) is 0 Å². The highest BCUT2D eigenvalue weighted by Gasteiger charge is 2.15. The fourth-order valence-electron chi connectivity index (χ4n) is 1.59. The van der Waals surface area contributed by atoms with Gasteiger partial charge in [0.15, 0.2) is 0 Å². The number of nitrogens with one attached hydrogen (secondary N) is 1. The Morgan fingerprint density at radius 2 is 2.42 bits per heavy atom. The molecule has 0 aromatic carbocycles. The molecular formula is C13H15NO4S. The molecule has 0 radical (unpaired) electrons. The number of ether oxygens (including phenoxy) is 1. The van der Waals surface area contributed by atoms with Gasteiger partial charge in [0.2, 0.25) is 0 Å². The van der Waals surface area contributed by atoms with E-state index in [1.807, 2.05) is 17.5 Å². The second-order valence-electron chi connectivity index (χ2n) is 3.82. The van der Waals surface area contributed by atoms with Crippen molar-refractivity contribution in [3.8, 4) is 0 Å². The third kappa shape index (κ3) is 3.92. The van der Waals surface area contributed by atoms with E-state index in [0.29, 0.717) is 12.1 Å². The van der Waals surface area contributed by atoms with E-state index in [9.17, 15) is 4.79 Å². The Morgan fingerprint density at radius 1 is 1.53 bits per heavy atom. The summed E-state index contributed by atoms with van der Waals surface area (Å²) in [5.41, 5.74) is 0.479. The number of rotatable bonds is 7. The molecule has 0 saturated carbocycles. The maximum Gasteiger partial charge on any atom is 0.254 e. The average molecular weight is 281 g/mol. The van der Waals surface area contributed by atoms with E-state index < -0.39 is 0 Å². The first-order chi connectivity index (χ1) is 9.31. The van der Waals surface area contributed by atoms with Crippen LogP contribution in [0.1, 0.15) is 21.3 Å². The molecule has 1 amide bonds. The van der Waals surface area contributed by atoms with Gasteiger partial charge in [-0.15, -0.1) is 11.3 Å². The molecule has 2 aromatic rings. The summed E-state index contributed by atoms with van der Waals surface area (Å²) < 4.78 is 10.4. The molecule has 2 aromatic heterocycles. The molecule has 2 N–H and O–H groups in total. The molecule has 102 valence electrons. The van der Waals surface area contributed by atoms with Gasteiger partial charge in [0.1, 0.15) is 12.4 Å². The largest absolute Gasteiger partial charge is 0.472 e. The smallest absolute Gasteiger partial charge is 0.254 e. The molecule has 0 fully saturated rings. The minimum atomic E-state index is -0.247. The Morgan fingerprint density at radius 3 is 3.05 bits per heavy atom. The van der Waals surface area contributed by atoms with Gasteiger partial charge < -0.3 is 19.6 Å². The third-order valence-electron chi connectivity index (χ3n) is 2.50. The highest BCUT2D eigenvalue weighted by molar-refractivity contribution is 7.10. The van der Waals surface area contributed by atoms with Crippen molar-refractivity contribution in [1.29, 1.82) is 0 Å². The van der Waals surface area contributed by atoms with E-state index in [2.05, 4.69) is 5.32 Å². The summed E-state index contributed by atoms with van der Waals surface area (Å²) in [6, 6.07) is 5.47. The highest BCUT2D eigenvalue weighted by Crippen LogP contribution is 2.21. The van der Waals surface area contributed by atoms with Crippen molar-refractivity contribution >= 4 is 17.2 Å². The van der Waals surface area contributed by atoms with Gasteiger partial charge in [0, 0.05) is 11.4 Å². The molecule has 2 heterocycles. The first-order valence-electron chi connectivity index (χ1n) is 5.87. The van der Waals surface area contributed by atoms with Gasteiger partial charge in [0.05, 0.1) is 25.0 Å². The number of hydrogen-bond donors (Lipinski definition) is 2. The van der Waals surface area contributed by atoms with Crippen molar-refractivity contribution in [2.45, 2.75) is 6.10 Å². The Hall–Kier alpha value is -1.63. The van der Waals surface area contributed by atoms with Gasteiger partial charge in [-0.2, -0.15) is 0 Å². The van der Waals surface area contributed by atoms with Crippen LogP contribution < -0.4 is 5.32 Å². The van der Waals surface area contributed by atoms with Crippen molar-refractivity contribution < 1.29 is 19.1 Å². The van der Waals surface area contributed by atoms with Crippen molar-refractivity contribution in [3.63, 3.8) is 0 Å². The van der Waals surface area contributed by atoms with E-state index in [1.165, 1.54) is 12.5 Å². The van der Waals surface area contributed by atoms with Crippen molar-refractivity contribution in [2.24, 2.45) is 0 Å². The van der Waals surface area contributed by atoms with Gasteiger partial charge in [-0.25, -0.2) is 0 Å². The lowest BCUT2D eigenvalue weighted by atomic mass is 10.2. The van der Waals surface area contributed by atoms with Crippen LogP contribution in [-0.4, -0.2) is 30.8 Å². The zero-order chi connectivity index (χ0) is 13.5. The van der Waals surface area contributed by atoms with Crippen LogP contribution in [0.25, 0.3) is 0 Å². The maximum atomic E-state index is 11.8. The Labute approximate surface area is 114 Å². The van der Waals surface area contributed by atoms with Crippen LogP contribution in [0, 0.1) is 0 Å². The molecule has 6 heteroatoms. The summed E-state index contributed by atoms with van der Waals surface area (Å²) in [4.78, 5) is 12.8. The molecule has 0 aliphatic heterocycles. The average Bonchev–Trinajstić information content (AvgIpc) is 3.11. The van der Waals surface area contributed by atoms with Gasteiger partial charge >= 0.3 is 0 Å². The lowest BCUT2D eigenvalue weighted by molar-refractivity contribution is 0.0296. The van der Waals surface area contributed by atoms with Crippen molar-refractivity contribution in [1.82, 2.24) is 5.32 Å². The zero-order valence-electron chi connectivity index (χ0n) is 10.2. The Kier molecular flexibility index (Phi) is 5.14. The first-order valence-corrected chi connectivity index (χ1v) is 6.75. The number of aliphatic hydroxyl groups excluding tert-OH is 1. The van der Waals surface area contributed by atoms with Crippen LogP contribution in [0.15, 0.2) is 40.5 Å². The van der Waals surface area contributed by atoms with E-state index in [-0.39, 0.29) is 25.2 Å². The fraction of sp³-hybridized carbons (Fsp3) is 0.308. The molecular weight excluding hydrogens is 266 g/mol. The van der Waals surface area contributed by atoms with E-state index in [4.69, 9.17) is 14.3 Å². The predicted molar refractivity (Wildman–Crippen MR) is 71.1 cm³/mol. The van der Waals surface area contributed by atoms with E-state index >= 15 is 0 Å². The molecule has 5 nitrogen and oxygen atoms in total. The molecule has 2 rings (SSSR count). The molecule has 0 spiro atoms. The SMILES string of the molecule is O=C(NC[C@H](OCCO)c1cccs1)c1ccoc1. The summed E-state index contributed by atoms with van der Waals surface area (Å²) >= 11 is 1.55. The summed E-state index contributed by atoms with van der Waals surface area (Å²) in [5, 5.41) is 13.5. The summed E-state index contributed by atoms with van der Waals surface area (Å²) in [6.45, 7) is 0.548. The van der Waals surface area contributed by atoms with Gasteiger partial charge in [-0.3, -0.25) is 4.79 Å². The first kappa shape index (κ1) is 13.8. The number of thiophene rings is 1. The van der Waals surface area contributed by atoms with Gasteiger partial charge in [-0.05, 0) is 17.5 Å². The number of aliphatic hydroxyl groups is 1. The number of hydrogen-bond acceptors (Lipinski definition) is 5. The van der Waals surface area contributed by atoms with Gasteiger partial charge in [-0.1, -0.05) is 6.07 Å². The number of amides is 1. The monoisotopic (exact) mass is 281 g/mol. The lowest BCUT2D eigenvalue weighted by Gasteiger charge is -2.16. The van der Waals surface area contributed by atoms with Gasteiger partial charge in [0.25, 0.3) is 5.91 Å². The lowest BCUT2D eigenvalue weighted by Crippen LogP contribution is -2.29. The minimum Gasteiger partial charge on any atom is -0.472 e. The van der Waals surface area contributed by atoms with Crippen LogP contribution in [0.3, 0.4) is 0 Å². The maximum absolute atomic E-state index is 11.8. The van der Waals surface area contributed by atoms with Crippen LogP contribution in [0.4, 0.5) is 0 Å². The van der Waals surface area contributed by atoms with E-state index in [1.54, 1.807) is 17.4 Å². The Balaban J connectivity index is 1.91. The number of carbonyl (C=O) groups is 1. The fourth-order valence-corrected chi connectivity index (χ4v) is 2.37. The van der Waals surface area contributed by atoms with Crippen LogP contribution >= 0.6 is 11.3 Å². The normalized spacial score (nSPS) is 12.3. The van der Waals surface area contributed by atoms with Crippen molar-refractivity contribution in [3.05, 3.63) is 46.5 Å². The second kappa shape index (κ2) is 7.08. The second-order valence-corrected chi connectivity index (χ2v) is 4.80. The summed E-state index contributed by atoms with van der Waals surface area (Å²) in [5.74, 6) is -0.206. The highest BCUT2D eigenvalue weighted by atomic mass is 32.1. The topological polar surface area (TPSA) is 71.7 Å². The zero-order valence-corrected chi connectivity index (χ0v) is 11.1. The molecule has 0 aliphatic rings. The minimum absolute atomic E-state index is 0.0441. The number of furan rings is 1. The summed E-state index contributed by atoms with van der Waals surface area (Å²) in [7, 11) is 0. The summed E-state index contributed by atoms with van der Waals surface area (Å²) in [6.07, 6.45) is 2.60. The molecule has 1 atom stereocenters. The standard InChI is InChI=1S/C13H15NO4S/c15-4-6-18-11(12-2-1-7-19-12)8-14-13(16)10-3-5-17-9-10/h1-3,5,7,9,11,15H,4,6,8H2,(H,14,16)/t11-/m0/s1.